The quantitative estimate of drug-likeness (QED) is 0.614. The fraction of sp³-hybridized carbons (Fsp3) is 0.444. The Morgan fingerprint density at radius 2 is 2.11 bits per heavy atom. The zero-order valence-electron chi connectivity index (χ0n) is 15.7. The van der Waals surface area contributed by atoms with Crippen LogP contribution in [0.4, 0.5) is 0 Å². The molecule has 10 heteroatoms. The van der Waals surface area contributed by atoms with Gasteiger partial charge in [-0.3, -0.25) is 9.59 Å². The van der Waals surface area contributed by atoms with Crippen molar-refractivity contribution in [1.29, 1.82) is 0 Å². The molecule has 1 saturated heterocycles. The van der Waals surface area contributed by atoms with Crippen LogP contribution >= 0.6 is 23.2 Å². The van der Waals surface area contributed by atoms with Gasteiger partial charge in [-0.2, -0.15) is 5.06 Å². The number of carbonyl (C=O) groups excluding carboxylic acids is 2. The zero-order chi connectivity index (χ0) is 20.7. The Morgan fingerprint density at radius 1 is 1.36 bits per heavy atom. The standard InChI is InChI=1S/C18H23Cl2N3O5/c1-11(6-7-21-18(25)16-8-12(2)23(3)28-27-16)22-17(24)10-26-13-4-5-14(19)15(20)9-13/h4-5,9,12,16H,1,6-8,10H2,2-3H3,(H,21,25)(H,22,24). The van der Waals surface area contributed by atoms with E-state index in [9.17, 15) is 9.59 Å². The van der Waals surface area contributed by atoms with E-state index in [1.807, 2.05) is 6.92 Å². The zero-order valence-corrected chi connectivity index (χ0v) is 17.2. The largest absolute Gasteiger partial charge is 0.484 e. The summed E-state index contributed by atoms with van der Waals surface area (Å²) in [5.74, 6) is -0.220. The van der Waals surface area contributed by atoms with Gasteiger partial charge in [-0.15, -0.1) is 4.99 Å². The molecule has 2 amide bonds. The Balaban J connectivity index is 1.64. The summed E-state index contributed by atoms with van der Waals surface area (Å²) in [7, 11) is 1.73. The Hall–Kier alpha value is -1.84. The fourth-order valence-electron chi connectivity index (χ4n) is 2.30. The van der Waals surface area contributed by atoms with Gasteiger partial charge >= 0.3 is 0 Å². The number of rotatable bonds is 8. The highest BCUT2D eigenvalue weighted by molar-refractivity contribution is 6.42. The van der Waals surface area contributed by atoms with Crippen LogP contribution in [0.15, 0.2) is 30.5 Å². The average molecular weight is 432 g/mol. The molecule has 154 valence electrons. The van der Waals surface area contributed by atoms with E-state index in [2.05, 4.69) is 17.2 Å². The van der Waals surface area contributed by atoms with Crippen molar-refractivity contribution in [1.82, 2.24) is 15.7 Å². The summed E-state index contributed by atoms with van der Waals surface area (Å²) >= 11 is 11.7. The first-order valence-corrected chi connectivity index (χ1v) is 9.41. The van der Waals surface area contributed by atoms with Crippen molar-refractivity contribution < 1.29 is 24.2 Å². The molecule has 2 unspecified atom stereocenters. The third-order valence-electron chi connectivity index (χ3n) is 4.05. The van der Waals surface area contributed by atoms with Gasteiger partial charge in [0.15, 0.2) is 12.7 Å². The van der Waals surface area contributed by atoms with Crippen LogP contribution in [0.5, 0.6) is 5.75 Å². The fourth-order valence-corrected chi connectivity index (χ4v) is 2.59. The van der Waals surface area contributed by atoms with Crippen LogP contribution in [-0.2, 0) is 19.5 Å². The van der Waals surface area contributed by atoms with Crippen LogP contribution in [0, 0.1) is 0 Å². The van der Waals surface area contributed by atoms with Crippen molar-refractivity contribution in [2.24, 2.45) is 0 Å². The molecule has 0 saturated carbocycles. The summed E-state index contributed by atoms with van der Waals surface area (Å²) in [6.07, 6.45) is 0.216. The number of nitrogens with zero attached hydrogens (tertiary/aromatic N) is 1. The molecule has 8 nitrogen and oxygen atoms in total. The van der Waals surface area contributed by atoms with E-state index >= 15 is 0 Å². The van der Waals surface area contributed by atoms with Crippen molar-refractivity contribution in [2.45, 2.75) is 31.9 Å². The summed E-state index contributed by atoms with van der Waals surface area (Å²) in [6, 6.07) is 4.78. The first-order chi connectivity index (χ1) is 13.3. The van der Waals surface area contributed by atoms with Gasteiger partial charge in [0, 0.05) is 44.2 Å². The third-order valence-corrected chi connectivity index (χ3v) is 4.79. The maximum absolute atomic E-state index is 12.1. The molecule has 0 bridgehead atoms. The molecular weight excluding hydrogens is 409 g/mol. The molecule has 1 aromatic carbocycles. The summed E-state index contributed by atoms with van der Waals surface area (Å²) < 4.78 is 5.34. The van der Waals surface area contributed by atoms with Gasteiger partial charge < -0.3 is 15.4 Å². The molecule has 2 atom stereocenters. The summed E-state index contributed by atoms with van der Waals surface area (Å²) in [6.45, 7) is 5.79. The van der Waals surface area contributed by atoms with E-state index in [4.69, 9.17) is 37.8 Å². The number of benzene rings is 1. The normalized spacial score (nSPS) is 19.7. The number of ether oxygens (including phenoxy) is 1. The maximum atomic E-state index is 12.1. The third kappa shape index (κ3) is 6.96. The Morgan fingerprint density at radius 3 is 2.79 bits per heavy atom. The lowest BCUT2D eigenvalue weighted by Crippen LogP contribution is -2.47. The van der Waals surface area contributed by atoms with Gasteiger partial charge in [-0.25, -0.2) is 4.89 Å². The van der Waals surface area contributed by atoms with Crippen molar-refractivity contribution in [2.75, 3.05) is 20.2 Å². The second-order valence-corrected chi connectivity index (χ2v) is 7.16. The minimum Gasteiger partial charge on any atom is -0.484 e. The topological polar surface area (TPSA) is 89.1 Å². The molecule has 1 aromatic rings. The SMILES string of the molecule is C=C(CCNC(=O)C1CC(C)N(C)OO1)NC(=O)COc1ccc(Cl)c(Cl)c1. The monoisotopic (exact) mass is 431 g/mol. The van der Waals surface area contributed by atoms with E-state index in [0.717, 1.165) is 0 Å². The second-order valence-electron chi connectivity index (χ2n) is 6.35. The van der Waals surface area contributed by atoms with E-state index in [0.29, 0.717) is 40.9 Å². The highest BCUT2D eigenvalue weighted by Crippen LogP contribution is 2.26. The molecule has 1 fully saturated rings. The first-order valence-electron chi connectivity index (χ1n) is 8.65. The molecule has 28 heavy (non-hydrogen) atoms. The summed E-state index contributed by atoms with van der Waals surface area (Å²) in [5.41, 5.74) is 0.456. The van der Waals surface area contributed by atoms with E-state index in [-0.39, 0.29) is 24.5 Å². The number of hydrogen-bond acceptors (Lipinski definition) is 6. The predicted octanol–water partition coefficient (Wildman–Crippen LogP) is 2.46. The smallest absolute Gasteiger partial charge is 0.262 e. The summed E-state index contributed by atoms with van der Waals surface area (Å²) in [5, 5.41) is 7.63. The number of halogens is 2. The molecule has 0 aromatic heterocycles. The summed E-state index contributed by atoms with van der Waals surface area (Å²) in [4.78, 5) is 33.9. The van der Waals surface area contributed by atoms with Crippen LogP contribution < -0.4 is 15.4 Å². The Kier molecular flexibility index (Phi) is 8.53. The van der Waals surface area contributed by atoms with Gasteiger partial charge in [0.1, 0.15) is 5.75 Å². The van der Waals surface area contributed by atoms with Gasteiger partial charge in [-0.05, 0) is 19.1 Å². The lowest BCUT2D eigenvalue weighted by molar-refractivity contribution is -0.464. The molecule has 0 spiro atoms. The molecule has 2 rings (SSSR count). The molecule has 1 heterocycles. The molecule has 0 aliphatic carbocycles. The van der Waals surface area contributed by atoms with Crippen molar-refractivity contribution in [3.63, 3.8) is 0 Å². The minimum atomic E-state index is -0.673. The van der Waals surface area contributed by atoms with Gasteiger partial charge in [0.05, 0.1) is 10.0 Å². The number of amides is 2. The number of carbonyl (C=O) groups is 2. The average Bonchev–Trinajstić information content (AvgIpc) is 2.64. The van der Waals surface area contributed by atoms with Crippen molar-refractivity contribution in [3.8, 4) is 5.75 Å². The molecule has 0 radical (unpaired) electrons. The maximum Gasteiger partial charge on any atom is 0.262 e. The molecule has 1 aliphatic heterocycles. The van der Waals surface area contributed by atoms with E-state index in [1.165, 1.54) is 6.07 Å². The first kappa shape index (κ1) is 22.4. The predicted molar refractivity (Wildman–Crippen MR) is 105 cm³/mol. The Labute approximate surface area is 173 Å². The van der Waals surface area contributed by atoms with Crippen LogP contribution in [0.1, 0.15) is 19.8 Å². The number of hydrogen-bond donors (Lipinski definition) is 2. The van der Waals surface area contributed by atoms with Crippen LogP contribution in [0.25, 0.3) is 0 Å². The highest BCUT2D eigenvalue weighted by Gasteiger charge is 2.30. The van der Waals surface area contributed by atoms with Gasteiger partial charge in [-0.1, -0.05) is 29.8 Å². The van der Waals surface area contributed by atoms with E-state index < -0.39 is 6.10 Å². The number of hydroxylamine groups is 2. The lowest BCUT2D eigenvalue weighted by atomic mass is 10.1. The van der Waals surface area contributed by atoms with E-state index in [1.54, 1.807) is 24.2 Å². The molecule has 2 N–H and O–H groups in total. The van der Waals surface area contributed by atoms with Crippen LogP contribution in [0.2, 0.25) is 10.0 Å². The van der Waals surface area contributed by atoms with Crippen molar-refractivity contribution >= 4 is 35.0 Å². The highest BCUT2D eigenvalue weighted by atomic mass is 35.5. The lowest BCUT2D eigenvalue weighted by Gasteiger charge is -2.31. The number of nitrogens with one attached hydrogen (secondary N) is 2. The minimum absolute atomic E-state index is 0.0641. The molecule has 1 aliphatic rings. The molecular formula is C18H23Cl2N3O5. The van der Waals surface area contributed by atoms with Gasteiger partial charge in [0.2, 0.25) is 0 Å². The van der Waals surface area contributed by atoms with Crippen LogP contribution in [0.3, 0.4) is 0 Å². The van der Waals surface area contributed by atoms with Crippen LogP contribution in [-0.4, -0.2) is 49.2 Å². The Bertz CT molecular complexity index is 731. The second kappa shape index (κ2) is 10.6. The van der Waals surface area contributed by atoms with Gasteiger partial charge in [0.25, 0.3) is 11.8 Å². The van der Waals surface area contributed by atoms with Crippen molar-refractivity contribution in [3.05, 3.63) is 40.5 Å².